The fraction of sp³-hybridized carbons (Fsp3) is 0.333. The molecule has 3 heterocycles. The first-order valence-corrected chi connectivity index (χ1v) is 12.2. The molecule has 4 rings (SSSR count). The number of carbonyl (C=O) groups excluding carboxylic acids is 1. The molecular weight excluding hydrogens is 549 g/mol. The van der Waals surface area contributed by atoms with Crippen molar-refractivity contribution in [2.75, 3.05) is 18.5 Å². The predicted octanol–water partition coefficient (Wildman–Crippen LogP) is 3.78. The van der Waals surface area contributed by atoms with E-state index in [4.69, 9.17) is 15.6 Å². The second-order valence-corrected chi connectivity index (χ2v) is 9.68. The summed E-state index contributed by atoms with van der Waals surface area (Å²) in [7, 11) is 1.79. The second-order valence-electron chi connectivity index (χ2n) is 8.51. The number of hydrogen-bond acceptors (Lipinski definition) is 6. The maximum absolute atomic E-state index is 12.9. The van der Waals surface area contributed by atoms with E-state index >= 15 is 0 Å². The molecule has 0 unspecified atom stereocenters. The Morgan fingerprint density at radius 2 is 1.82 bits per heavy atom. The maximum Gasteiger partial charge on any atom is 0.490 e. The second kappa shape index (κ2) is 11.9. The zero-order chi connectivity index (χ0) is 29.1. The zero-order valence-electron chi connectivity index (χ0n) is 20.8. The Morgan fingerprint density at radius 1 is 1.15 bits per heavy atom. The van der Waals surface area contributed by atoms with Crippen LogP contribution in [-0.4, -0.2) is 51.1 Å². The van der Waals surface area contributed by atoms with Crippen LogP contribution in [0.1, 0.15) is 22.7 Å². The van der Waals surface area contributed by atoms with E-state index < -0.39 is 23.9 Å². The lowest BCUT2D eigenvalue weighted by Gasteiger charge is -2.26. The van der Waals surface area contributed by atoms with Crippen LogP contribution >= 0.6 is 11.3 Å². The largest absolute Gasteiger partial charge is 0.490 e. The highest BCUT2D eigenvalue weighted by Gasteiger charge is 2.38. The van der Waals surface area contributed by atoms with Gasteiger partial charge in [0.05, 0.1) is 13.1 Å². The molecule has 0 saturated carbocycles. The Morgan fingerprint density at radius 3 is 2.41 bits per heavy atom. The van der Waals surface area contributed by atoms with Gasteiger partial charge in [-0.25, -0.2) is 14.3 Å². The lowest BCUT2D eigenvalue weighted by molar-refractivity contribution is -0.192. The van der Waals surface area contributed by atoms with Crippen molar-refractivity contribution in [2.45, 2.75) is 39.0 Å². The normalized spacial score (nSPS) is 13.0. The van der Waals surface area contributed by atoms with Gasteiger partial charge in [-0.3, -0.25) is 9.36 Å². The number of aliphatic carboxylic acids is 1. The number of aryl methyl sites for hydroxylation is 2. The summed E-state index contributed by atoms with van der Waals surface area (Å²) in [6.07, 6.45) is -5.74. The minimum Gasteiger partial charge on any atom is -0.475 e. The Bertz CT molecular complexity index is 1470. The van der Waals surface area contributed by atoms with Gasteiger partial charge >= 0.3 is 17.8 Å². The summed E-state index contributed by atoms with van der Waals surface area (Å²) in [5.41, 5.74) is 7.71. The minimum absolute atomic E-state index is 0.119. The summed E-state index contributed by atoms with van der Waals surface area (Å²) in [6, 6.07) is 10.0. The number of thiophene rings is 1. The summed E-state index contributed by atoms with van der Waals surface area (Å²) in [6.45, 7) is 1.32. The van der Waals surface area contributed by atoms with Gasteiger partial charge in [-0.1, -0.05) is 6.07 Å². The monoisotopic (exact) mass is 573 g/mol. The van der Waals surface area contributed by atoms with Gasteiger partial charge in [-0.05, 0) is 48.7 Å². The Hall–Kier alpha value is -3.85. The summed E-state index contributed by atoms with van der Waals surface area (Å²) in [4.78, 5) is 37.2. The van der Waals surface area contributed by atoms with Gasteiger partial charge in [0, 0.05) is 41.0 Å². The average Bonchev–Trinajstić information content (AvgIpc) is 3.44. The molecule has 15 heteroatoms. The number of benzene rings is 1. The summed E-state index contributed by atoms with van der Waals surface area (Å²) < 4.78 is 60.0. The predicted molar refractivity (Wildman–Crippen MR) is 134 cm³/mol. The molecule has 3 N–H and O–H groups in total. The molecule has 3 aromatic rings. The Kier molecular flexibility index (Phi) is 9.07. The first kappa shape index (κ1) is 29.7. The Balaban J connectivity index is 0.000000532. The molecule has 1 amide bonds. The topological polar surface area (TPSA) is 123 Å². The molecule has 210 valence electrons. The third kappa shape index (κ3) is 6.97. The molecule has 9 nitrogen and oxygen atoms in total. The zero-order valence-corrected chi connectivity index (χ0v) is 21.6. The third-order valence-electron chi connectivity index (χ3n) is 5.89. The van der Waals surface area contributed by atoms with E-state index in [1.165, 1.54) is 4.57 Å². The van der Waals surface area contributed by atoms with Crippen LogP contribution in [0.15, 0.2) is 46.8 Å². The van der Waals surface area contributed by atoms with Crippen molar-refractivity contribution in [2.24, 2.45) is 5.73 Å². The van der Waals surface area contributed by atoms with Crippen molar-refractivity contribution in [3.63, 3.8) is 0 Å². The SMILES string of the molecule is Cc1nn(CC(CN)=C(F)F)c(=O)n1Cc1ccc(-c2ccc3c(c2)CCC(=O)N3C)s1.O=C(O)C(F)(F)F. The van der Waals surface area contributed by atoms with Gasteiger partial charge < -0.3 is 15.7 Å². The number of alkyl halides is 3. The molecule has 0 spiro atoms. The number of carboxylic acids is 1. The summed E-state index contributed by atoms with van der Waals surface area (Å²) in [5.74, 6) is -2.19. The van der Waals surface area contributed by atoms with E-state index in [0.29, 0.717) is 18.8 Å². The molecule has 0 saturated heterocycles. The fourth-order valence-corrected chi connectivity index (χ4v) is 4.79. The van der Waals surface area contributed by atoms with Gasteiger partial charge in [0.25, 0.3) is 6.08 Å². The van der Waals surface area contributed by atoms with Crippen LogP contribution in [0.2, 0.25) is 0 Å². The molecule has 2 aromatic heterocycles. The first-order valence-electron chi connectivity index (χ1n) is 11.4. The standard InChI is InChI=1S/C22H23F2N5O2S.C2HF3O2/c1-13-26-29(11-16(10-25)21(23)24)22(31)28(13)12-17-5-7-19(32-17)15-3-6-18-14(9-15)4-8-20(30)27(18)2;3-2(4,5)1(6)7/h3,5-7,9H,4,8,10-12,25H2,1-2H3;(H,6,7). The number of carbonyl (C=O) groups is 2. The molecule has 39 heavy (non-hydrogen) atoms. The molecule has 0 atom stereocenters. The number of carboxylic acid groups (broad SMARTS) is 1. The highest BCUT2D eigenvalue weighted by molar-refractivity contribution is 7.15. The van der Waals surface area contributed by atoms with Crippen molar-refractivity contribution < 1.29 is 36.6 Å². The van der Waals surface area contributed by atoms with Crippen molar-refractivity contribution in [1.29, 1.82) is 0 Å². The lowest BCUT2D eigenvalue weighted by Crippen LogP contribution is -2.30. The molecule has 1 aliphatic rings. The molecule has 0 fully saturated rings. The first-order chi connectivity index (χ1) is 18.2. The highest BCUT2D eigenvalue weighted by atomic mass is 32.1. The molecule has 0 bridgehead atoms. The molecule has 0 radical (unpaired) electrons. The lowest BCUT2D eigenvalue weighted by atomic mass is 9.99. The van der Waals surface area contributed by atoms with Crippen LogP contribution in [0.25, 0.3) is 10.4 Å². The van der Waals surface area contributed by atoms with Crippen LogP contribution in [0, 0.1) is 6.92 Å². The quantitative estimate of drug-likeness (QED) is 0.433. The van der Waals surface area contributed by atoms with Gasteiger partial charge in [-0.15, -0.1) is 11.3 Å². The number of anilines is 1. The van der Waals surface area contributed by atoms with Crippen LogP contribution in [-0.2, 0) is 29.1 Å². The average molecular weight is 574 g/mol. The van der Waals surface area contributed by atoms with Crippen LogP contribution in [0.3, 0.4) is 0 Å². The van der Waals surface area contributed by atoms with Gasteiger partial charge in [0.2, 0.25) is 5.91 Å². The number of rotatable bonds is 6. The summed E-state index contributed by atoms with van der Waals surface area (Å²) in [5, 5.41) is 11.2. The molecule has 1 aromatic carbocycles. The van der Waals surface area contributed by atoms with Gasteiger partial charge in [0.15, 0.2) is 0 Å². The third-order valence-corrected chi connectivity index (χ3v) is 7.01. The number of aromatic nitrogens is 3. The van der Waals surface area contributed by atoms with Gasteiger partial charge in [-0.2, -0.15) is 27.1 Å². The van der Waals surface area contributed by atoms with E-state index in [2.05, 4.69) is 11.2 Å². The number of hydrogen-bond donors (Lipinski definition) is 2. The van der Waals surface area contributed by atoms with Crippen LogP contribution in [0.5, 0.6) is 0 Å². The number of amides is 1. The number of halogens is 5. The highest BCUT2D eigenvalue weighted by Crippen LogP contribution is 2.34. The van der Waals surface area contributed by atoms with Crippen molar-refractivity contribution in [3.05, 3.63) is 68.7 Å². The number of nitrogens with zero attached hydrogens (tertiary/aromatic N) is 4. The van der Waals surface area contributed by atoms with E-state index in [0.717, 1.165) is 37.7 Å². The number of nitrogens with two attached hydrogens (primary N) is 1. The fourth-order valence-electron chi connectivity index (χ4n) is 3.80. The van der Waals surface area contributed by atoms with E-state index in [1.54, 1.807) is 30.2 Å². The van der Waals surface area contributed by atoms with Crippen LogP contribution < -0.4 is 16.3 Å². The van der Waals surface area contributed by atoms with E-state index in [1.807, 2.05) is 24.3 Å². The molecular formula is C24H24F5N5O4S. The van der Waals surface area contributed by atoms with Crippen molar-refractivity contribution >= 4 is 28.9 Å². The molecule has 1 aliphatic heterocycles. The van der Waals surface area contributed by atoms with Crippen molar-refractivity contribution in [3.8, 4) is 10.4 Å². The Labute approximate surface area is 222 Å². The minimum atomic E-state index is -5.08. The maximum atomic E-state index is 12.9. The number of fused-ring (bicyclic) bond motifs is 1. The smallest absolute Gasteiger partial charge is 0.475 e. The van der Waals surface area contributed by atoms with Gasteiger partial charge in [0.1, 0.15) is 5.82 Å². The van der Waals surface area contributed by atoms with Crippen LogP contribution in [0.4, 0.5) is 27.6 Å². The molecule has 0 aliphatic carbocycles. The van der Waals surface area contributed by atoms with E-state index in [-0.39, 0.29) is 24.6 Å². The summed E-state index contributed by atoms with van der Waals surface area (Å²) >= 11 is 1.56. The van der Waals surface area contributed by atoms with E-state index in [9.17, 15) is 31.5 Å². The van der Waals surface area contributed by atoms with Crippen molar-refractivity contribution in [1.82, 2.24) is 14.3 Å².